The highest BCUT2D eigenvalue weighted by molar-refractivity contribution is 5.66. The van der Waals surface area contributed by atoms with Crippen molar-refractivity contribution in [3.63, 3.8) is 0 Å². The lowest BCUT2D eigenvalue weighted by molar-refractivity contribution is -0.137. The van der Waals surface area contributed by atoms with Crippen LogP contribution in [0.2, 0.25) is 0 Å². The molecule has 1 aliphatic carbocycles. The van der Waals surface area contributed by atoms with Gasteiger partial charge >= 0.3 is 5.97 Å². The lowest BCUT2D eigenvalue weighted by Gasteiger charge is -2.13. The van der Waals surface area contributed by atoms with Crippen molar-refractivity contribution in [2.45, 2.75) is 57.8 Å². The Labute approximate surface area is 98.6 Å². The van der Waals surface area contributed by atoms with Crippen LogP contribution < -0.4 is 5.32 Å². The Hall–Kier alpha value is -0.570. The molecule has 0 amide bonds. The zero-order valence-electron chi connectivity index (χ0n) is 10.2. The zero-order valence-corrected chi connectivity index (χ0v) is 10.2. The maximum atomic E-state index is 10.3. The summed E-state index contributed by atoms with van der Waals surface area (Å²) in [7, 11) is 0. The van der Waals surface area contributed by atoms with Gasteiger partial charge in [-0.25, -0.2) is 0 Å². The maximum absolute atomic E-state index is 10.3. The highest BCUT2D eigenvalue weighted by atomic mass is 16.4. The van der Waals surface area contributed by atoms with Crippen LogP contribution in [0.5, 0.6) is 0 Å². The zero-order chi connectivity index (χ0) is 11.6. The van der Waals surface area contributed by atoms with Gasteiger partial charge in [-0.15, -0.1) is 0 Å². The van der Waals surface area contributed by atoms with E-state index in [1.165, 1.54) is 44.9 Å². The lowest BCUT2D eigenvalue weighted by Crippen LogP contribution is -2.20. The molecule has 0 aromatic carbocycles. The lowest BCUT2D eigenvalue weighted by atomic mass is 9.97. The minimum Gasteiger partial charge on any atom is -0.481 e. The Morgan fingerprint density at radius 3 is 2.44 bits per heavy atom. The second-order valence-electron chi connectivity index (χ2n) is 4.89. The van der Waals surface area contributed by atoms with Gasteiger partial charge in [0.2, 0.25) is 0 Å². The fourth-order valence-corrected chi connectivity index (χ4v) is 2.45. The summed E-state index contributed by atoms with van der Waals surface area (Å²) in [6.07, 6.45) is 10.8. The maximum Gasteiger partial charge on any atom is 0.303 e. The smallest absolute Gasteiger partial charge is 0.303 e. The minimum absolute atomic E-state index is 0.288. The third-order valence-electron chi connectivity index (χ3n) is 3.45. The standard InChI is InChI=1S/C13H25NO2/c15-13(16)8-5-10-14-11-9-12-6-3-1-2-4-7-12/h12,14H,1-11H2,(H,15,16). The summed E-state index contributed by atoms with van der Waals surface area (Å²) in [5, 5.41) is 11.8. The SMILES string of the molecule is O=C(O)CCCNCCC1CCCCCC1. The molecule has 0 heterocycles. The molecule has 1 saturated carbocycles. The van der Waals surface area contributed by atoms with Gasteiger partial charge < -0.3 is 10.4 Å². The first-order chi connectivity index (χ1) is 7.79. The predicted molar refractivity (Wildman–Crippen MR) is 65.5 cm³/mol. The van der Waals surface area contributed by atoms with Crippen LogP contribution in [0.1, 0.15) is 57.8 Å². The van der Waals surface area contributed by atoms with Crippen molar-refractivity contribution in [2.24, 2.45) is 5.92 Å². The molecule has 3 nitrogen and oxygen atoms in total. The van der Waals surface area contributed by atoms with Crippen LogP contribution in [0.25, 0.3) is 0 Å². The first-order valence-corrected chi connectivity index (χ1v) is 6.71. The molecule has 0 aromatic heterocycles. The third kappa shape index (κ3) is 6.83. The Morgan fingerprint density at radius 1 is 1.12 bits per heavy atom. The average molecular weight is 227 g/mol. The van der Waals surface area contributed by atoms with Gasteiger partial charge in [0.05, 0.1) is 0 Å². The molecule has 3 heteroatoms. The average Bonchev–Trinajstić information content (AvgIpc) is 2.51. The van der Waals surface area contributed by atoms with Gasteiger partial charge in [-0.05, 0) is 31.8 Å². The van der Waals surface area contributed by atoms with Gasteiger partial charge in [-0.3, -0.25) is 4.79 Å². The Balaban J connectivity index is 1.91. The fraction of sp³-hybridized carbons (Fsp3) is 0.923. The molecule has 0 saturated heterocycles. The van der Waals surface area contributed by atoms with Crippen LogP contribution in [-0.4, -0.2) is 24.2 Å². The number of nitrogens with one attached hydrogen (secondary N) is 1. The number of carboxylic acids is 1. The molecule has 0 spiro atoms. The minimum atomic E-state index is -0.689. The van der Waals surface area contributed by atoms with Crippen molar-refractivity contribution in [3.8, 4) is 0 Å². The van der Waals surface area contributed by atoms with Gasteiger partial charge in [-0.2, -0.15) is 0 Å². The van der Waals surface area contributed by atoms with E-state index in [9.17, 15) is 4.79 Å². The summed E-state index contributed by atoms with van der Waals surface area (Å²) in [6, 6.07) is 0. The topological polar surface area (TPSA) is 49.3 Å². The van der Waals surface area contributed by atoms with E-state index in [0.717, 1.165) is 25.4 Å². The second kappa shape index (κ2) is 8.57. The van der Waals surface area contributed by atoms with Crippen molar-refractivity contribution in [1.82, 2.24) is 5.32 Å². The van der Waals surface area contributed by atoms with Crippen molar-refractivity contribution in [3.05, 3.63) is 0 Å². The van der Waals surface area contributed by atoms with E-state index in [1.807, 2.05) is 0 Å². The highest BCUT2D eigenvalue weighted by Crippen LogP contribution is 2.24. The van der Waals surface area contributed by atoms with Crippen molar-refractivity contribution in [1.29, 1.82) is 0 Å². The molecular weight excluding hydrogens is 202 g/mol. The van der Waals surface area contributed by atoms with Crippen molar-refractivity contribution in [2.75, 3.05) is 13.1 Å². The van der Waals surface area contributed by atoms with Crippen LogP contribution in [0, 0.1) is 5.92 Å². The van der Waals surface area contributed by atoms with E-state index in [4.69, 9.17) is 5.11 Å². The number of hydrogen-bond acceptors (Lipinski definition) is 2. The quantitative estimate of drug-likeness (QED) is 0.519. The van der Waals surface area contributed by atoms with Gasteiger partial charge in [-0.1, -0.05) is 38.5 Å². The van der Waals surface area contributed by atoms with Crippen LogP contribution in [-0.2, 0) is 4.79 Å². The highest BCUT2D eigenvalue weighted by Gasteiger charge is 2.11. The van der Waals surface area contributed by atoms with E-state index in [1.54, 1.807) is 0 Å². The predicted octanol–water partition coefficient (Wildman–Crippen LogP) is 2.80. The first-order valence-electron chi connectivity index (χ1n) is 6.71. The number of carbonyl (C=O) groups is 1. The summed E-state index contributed by atoms with van der Waals surface area (Å²) in [5.41, 5.74) is 0. The monoisotopic (exact) mass is 227 g/mol. The summed E-state index contributed by atoms with van der Waals surface area (Å²) < 4.78 is 0. The summed E-state index contributed by atoms with van der Waals surface area (Å²) in [5.74, 6) is 0.222. The number of rotatable bonds is 7. The number of hydrogen-bond donors (Lipinski definition) is 2. The molecule has 0 atom stereocenters. The molecule has 0 unspecified atom stereocenters. The normalized spacial score (nSPS) is 18.2. The van der Waals surface area contributed by atoms with E-state index < -0.39 is 5.97 Å². The van der Waals surface area contributed by atoms with E-state index in [0.29, 0.717) is 0 Å². The second-order valence-corrected chi connectivity index (χ2v) is 4.89. The van der Waals surface area contributed by atoms with Crippen LogP contribution >= 0.6 is 0 Å². The van der Waals surface area contributed by atoms with Gasteiger partial charge in [0.15, 0.2) is 0 Å². The number of aliphatic carboxylic acids is 1. The van der Waals surface area contributed by atoms with Gasteiger partial charge in [0.1, 0.15) is 0 Å². The molecule has 2 N–H and O–H groups in total. The molecule has 1 rings (SSSR count). The van der Waals surface area contributed by atoms with Crippen molar-refractivity contribution >= 4 is 5.97 Å². The molecule has 0 bridgehead atoms. The van der Waals surface area contributed by atoms with Crippen LogP contribution in [0.15, 0.2) is 0 Å². The Bertz CT molecular complexity index is 186. The van der Waals surface area contributed by atoms with E-state index >= 15 is 0 Å². The largest absolute Gasteiger partial charge is 0.481 e. The van der Waals surface area contributed by atoms with Crippen LogP contribution in [0.4, 0.5) is 0 Å². The molecule has 94 valence electrons. The summed E-state index contributed by atoms with van der Waals surface area (Å²) in [6.45, 7) is 1.91. The van der Waals surface area contributed by atoms with Crippen molar-refractivity contribution < 1.29 is 9.90 Å². The Kier molecular flexibility index (Phi) is 7.23. The molecule has 16 heavy (non-hydrogen) atoms. The van der Waals surface area contributed by atoms with Gasteiger partial charge in [0, 0.05) is 6.42 Å². The molecule has 1 aliphatic rings. The van der Waals surface area contributed by atoms with E-state index in [-0.39, 0.29) is 6.42 Å². The summed E-state index contributed by atoms with van der Waals surface area (Å²) in [4.78, 5) is 10.3. The fourth-order valence-electron chi connectivity index (χ4n) is 2.45. The number of carboxylic acid groups (broad SMARTS) is 1. The molecule has 1 fully saturated rings. The molecule has 0 aliphatic heterocycles. The molecular formula is C13H25NO2. The molecule has 0 aromatic rings. The first kappa shape index (κ1) is 13.5. The third-order valence-corrected chi connectivity index (χ3v) is 3.45. The van der Waals surface area contributed by atoms with E-state index in [2.05, 4.69) is 5.32 Å². The summed E-state index contributed by atoms with van der Waals surface area (Å²) >= 11 is 0. The molecule has 0 radical (unpaired) electrons. The van der Waals surface area contributed by atoms with Crippen LogP contribution in [0.3, 0.4) is 0 Å². The van der Waals surface area contributed by atoms with Gasteiger partial charge in [0.25, 0.3) is 0 Å². The Morgan fingerprint density at radius 2 is 1.81 bits per heavy atom.